The Morgan fingerprint density at radius 1 is 1.17 bits per heavy atom. The van der Waals surface area contributed by atoms with Crippen LogP contribution in [0.15, 0.2) is 18.2 Å². The molecule has 1 aromatic rings. The van der Waals surface area contributed by atoms with Crippen LogP contribution >= 0.6 is 0 Å². The molecule has 0 amide bonds. The maximum absolute atomic E-state index is 13.4. The second-order valence-corrected chi connectivity index (χ2v) is 5.64. The van der Waals surface area contributed by atoms with Gasteiger partial charge in [-0.05, 0) is 39.2 Å². The van der Waals surface area contributed by atoms with E-state index in [1.54, 1.807) is 12.1 Å². The van der Waals surface area contributed by atoms with Crippen molar-refractivity contribution in [2.24, 2.45) is 5.73 Å². The van der Waals surface area contributed by atoms with Gasteiger partial charge in [0.15, 0.2) is 0 Å². The Bertz CT molecular complexity index is 446. The first-order valence-electron chi connectivity index (χ1n) is 6.11. The molecule has 3 nitrogen and oxygen atoms in total. The van der Waals surface area contributed by atoms with E-state index in [0.29, 0.717) is 5.56 Å². The highest BCUT2D eigenvalue weighted by Crippen LogP contribution is 2.36. The van der Waals surface area contributed by atoms with Gasteiger partial charge in [0.1, 0.15) is 5.82 Å². The Morgan fingerprint density at radius 2 is 1.72 bits per heavy atom. The molecule has 0 unspecified atom stereocenters. The molecule has 0 radical (unpaired) electrons. The third kappa shape index (κ3) is 2.18. The summed E-state index contributed by atoms with van der Waals surface area (Å²) in [6.45, 7) is 8.11. The molecule has 1 heterocycles. The van der Waals surface area contributed by atoms with Crippen LogP contribution in [-0.2, 0) is 15.9 Å². The monoisotopic (exact) mass is 251 g/mol. The quantitative estimate of drug-likeness (QED) is 0.811. The van der Waals surface area contributed by atoms with Crippen LogP contribution in [0.1, 0.15) is 33.3 Å². The molecular weight excluding hydrogens is 232 g/mol. The van der Waals surface area contributed by atoms with Gasteiger partial charge >= 0.3 is 7.12 Å². The first-order chi connectivity index (χ1) is 8.27. The number of nitrogens with two attached hydrogens (primary N) is 1. The largest absolute Gasteiger partial charge is 0.494 e. The molecule has 1 aliphatic heterocycles. The molecule has 1 saturated heterocycles. The lowest BCUT2D eigenvalue weighted by atomic mass is 9.78. The second-order valence-electron chi connectivity index (χ2n) is 5.64. The van der Waals surface area contributed by atoms with E-state index in [9.17, 15) is 4.39 Å². The smallest absolute Gasteiger partial charge is 0.399 e. The van der Waals surface area contributed by atoms with Crippen molar-refractivity contribution in [2.45, 2.75) is 45.4 Å². The van der Waals surface area contributed by atoms with Crippen LogP contribution in [0.4, 0.5) is 4.39 Å². The van der Waals surface area contributed by atoms with Gasteiger partial charge in [0.05, 0.1) is 11.2 Å². The molecule has 0 bridgehead atoms. The predicted octanol–water partition coefficient (Wildman–Crippen LogP) is 1.58. The van der Waals surface area contributed by atoms with E-state index in [-0.39, 0.29) is 12.4 Å². The number of rotatable bonds is 2. The van der Waals surface area contributed by atoms with Crippen LogP contribution in [0.25, 0.3) is 0 Å². The van der Waals surface area contributed by atoms with Crippen molar-refractivity contribution < 1.29 is 13.7 Å². The molecule has 0 spiro atoms. The van der Waals surface area contributed by atoms with Gasteiger partial charge in [0.2, 0.25) is 0 Å². The molecule has 18 heavy (non-hydrogen) atoms. The molecule has 0 aliphatic carbocycles. The van der Waals surface area contributed by atoms with Crippen LogP contribution in [-0.4, -0.2) is 18.3 Å². The summed E-state index contributed by atoms with van der Waals surface area (Å²) in [7, 11) is -0.471. The van der Waals surface area contributed by atoms with E-state index in [0.717, 1.165) is 5.46 Å². The Kier molecular flexibility index (Phi) is 3.26. The zero-order valence-electron chi connectivity index (χ0n) is 11.3. The fourth-order valence-corrected chi connectivity index (χ4v) is 1.88. The summed E-state index contributed by atoms with van der Waals surface area (Å²) < 4.78 is 25.2. The van der Waals surface area contributed by atoms with E-state index in [4.69, 9.17) is 15.0 Å². The van der Waals surface area contributed by atoms with Gasteiger partial charge < -0.3 is 15.0 Å². The molecule has 2 N–H and O–H groups in total. The first kappa shape index (κ1) is 13.5. The standard InChI is InChI=1S/C13H19BFNO2/c1-12(2)13(3,4)18-14(17-12)10-5-6-11(15)9(7-10)8-16/h5-7H,8,16H2,1-4H3. The van der Waals surface area contributed by atoms with Gasteiger partial charge in [-0.15, -0.1) is 0 Å². The highest BCUT2D eigenvalue weighted by molar-refractivity contribution is 6.62. The van der Waals surface area contributed by atoms with Crippen molar-refractivity contribution in [3.05, 3.63) is 29.6 Å². The van der Waals surface area contributed by atoms with E-state index in [1.165, 1.54) is 6.07 Å². The number of halogens is 1. The van der Waals surface area contributed by atoms with Crippen molar-refractivity contribution in [3.8, 4) is 0 Å². The van der Waals surface area contributed by atoms with Crippen molar-refractivity contribution in [1.29, 1.82) is 0 Å². The highest BCUT2D eigenvalue weighted by atomic mass is 19.1. The summed E-state index contributed by atoms with van der Waals surface area (Å²) >= 11 is 0. The van der Waals surface area contributed by atoms with Crippen LogP contribution in [0.3, 0.4) is 0 Å². The second kappa shape index (κ2) is 4.33. The Balaban J connectivity index is 2.30. The number of benzene rings is 1. The lowest BCUT2D eigenvalue weighted by Crippen LogP contribution is -2.41. The molecule has 1 aliphatic rings. The minimum Gasteiger partial charge on any atom is -0.399 e. The SMILES string of the molecule is CC1(C)OB(c2ccc(F)c(CN)c2)OC1(C)C. The van der Waals surface area contributed by atoms with Gasteiger partial charge in [0, 0.05) is 12.1 Å². The Labute approximate surface area is 108 Å². The topological polar surface area (TPSA) is 44.5 Å². The van der Waals surface area contributed by atoms with Crippen molar-refractivity contribution in [1.82, 2.24) is 0 Å². The molecule has 98 valence electrons. The zero-order chi connectivity index (χ0) is 13.6. The van der Waals surface area contributed by atoms with E-state index in [1.807, 2.05) is 27.7 Å². The van der Waals surface area contributed by atoms with Crippen LogP contribution in [0, 0.1) is 5.82 Å². The predicted molar refractivity (Wildman–Crippen MR) is 70.0 cm³/mol. The van der Waals surface area contributed by atoms with Crippen LogP contribution in [0.5, 0.6) is 0 Å². The molecule has 1 aromatic carbocycles. The Morgan fingerprint density at radius 3 is 2.22 bits per heavy atom. The average Bonchev–Trinajstić information content (AvgIpc) is 2.49. The van der Waals surface area contributed by atoms with E-state index < -0.39 is 18.3 Å². The number of hydrogen-bond acceptors (Lipinski definition) is 3. The molecule has 2 rings (SSSR count). The molecule has 0 aromatic heterocycles. The summed E-state index contributed by atoms with van der Waals surface area (Å²) in [4.78, 5) is 0. The van der Waals surface area contributed by atoms with Gasteiger partial charge in [-0.3, -0.25) is 0 Å². The number of hydrogen-bond donors (Lipinski definition) is 1. The normalized spacial score (nSPS) is 21.3. The van der Waals surface area contributed by atoms with E-state index in [2.05, 4.69) is 0 Å². The molecule has 0 atom stereocenters. The maximum Gasteiger partial charge on any atom is 0.494 e. The summed E-state index contributed by atoms with van der Waals surface area (Å²) in [6.07, 6.45) is 0. The maximum atomic E-state index is 13.4. The first-order valence-corrected chi connectivity index (χ1v) is 6.11. The molecular formula is C13H19BFNO2. The zero-order valence-corrected chi connectivity index (χ0v) is 11.3. The van der Waals surface area contributed by atoms with Crippen molar-refractivity contribution in [3.63, 3.8) is 0 Å². The third-order valence-electron chi connectivity index (χ3n) is 3.82. The van der Waals surface area contributed by atoms with Gasteiger partial charge in [-0.2, -0.15) is 0 Å². The minimum absolute atomic E-state index is 0.166. The fraction of sp³-hybridized carbons (Fsp3) is 0.538. The van der Waals surface area contributed by atoms with Gasteiger partial charge in [0.25, 0.3) is 0 Å². The van der Waals surface area contributed by atoms with Gasteiger partial charge in [-0.1, -0.05) is 12.1 Å². The average molecular weight is 251 g/mol. The fourth-order valence-electron chi connectivity index (χ4n) is 1.88. The van der Waals surface area contributed by atoms with Crippen LogP contribution < -0.4 is 11.2 Å². The minimum atomic E-state index is -0.471. The van der Waals surface area contributed by atoms with Crippen LogP contribution in [0.2, 0.25) is 0 Å². The summed E-state index contributed by atoms with van der Waals surface area (Å²) in [6, 6.07) is 4.79. The molecule has 5 heteroatoms. The lowest BCUT2D eigenvalue weighted by molar-refractivity contribution is 0.00578. The molecule has 1 fully saturated rings. The van der Waals surface area contributed by atoms with Gasteiger partial charge in [-0.25, -0.2) is 4.39 Å². The summed E-state index contributed by atoms with van der Waals surface area (Å²) in [5, 5.41) is 0. The third-order valence-corrected chi connectivity index (χ3v) is 3.82. The summed E-state index contributed by atoms with van der Waals surface area (Å²) in [5.74, 6) is -0.294. The molecule has 0 saturated carbocycles. The van der Waals surface area contributed by atoms with Crippen molar-refractivity contribution in [2.75, 3.05) is 0 Å². The van der Waals surface area contributed by atoms with Crippen molar-refractivity contribution >= 4 is 12.6 Å². The summed E-state index contributed by atoms with van der Waals surface area (Å²) in [5.41, 5.74) is 5.99. The Hall–Kier alpha value is -0.905. The lowest BCUT2D eigenvalue weighted by Gasteiger charge is -2.32. The van der Waals surface area contributed by atoms with E-state index >= 15 is 0 Å². The highest BCUT2D eigenvalue weighted by Gasteiger charge is 2.51.